The quantitative estimate of drug-likeness (QED) is 0.724. The van der Waals surface area contributed by atoms with Gasteiger partial charge in [-0.1, -0.05) is 0 Å². The lowest BCUT2D eigenvalue weighted by molar-refractivity contribution is -0.143. The Morgan fingerprint density at radius 1 is 1.62 bits per heavy atom. The number of aryl methyl sites for hydroxylation is 1. The summed E-state index contributed by atoms with van der Waals surface area (Å²) >= 11 is 1.63. The van der Waals surface area contributed by atoms with E-state index in [1.54, 1.807) is 11.3 Å². The number of esters is 1. The van der Waals surface area contributed by atoms with E-state index < -0.39 is 0 Å². The van der Waals surface area contributed by atoms with Gasteiger partial charge in [-0.05, 0) is 25.7 Å². The molecule has 0 radical (unpaired) electrons. The highest BCUT2D eigenvalue weighted by Gasteiger charge is 2.17. The van der Waals surface area contributed by atoms with Crippen LogP contribution in [0, 0.1) is 5.92 Å². The molecule has 21 heavy (non-hydrogen) atoms. The van der Waals surface area contributed by atoms with Gasteiger partial charge in [0.1, 0.15) is 0 Å². The zero-order chi connectivity index (χ0) is 15.1. The second-order valence-corrected chi connectivity index (χ2v) is 6.23. The Hall–Kier alpha value is -1.14. The number of anilines is 1. The molecule has 1 aromatic heterocycles. The van der Waals surface area contributed by atoms with Crippen LogP contribution in [0.1, 0.15) is 31.9 Å². The Labute approximate surface area is 130 Å². The van der Waals surface area contributed by atoms with Gasteiger partial charge in [0.25, 0.3) is 0 Å². The molecule has 0 N–H and O–H groups in total. The molecule has 0 aromatic carbocycles. The van der Waals surface area contributed by atoms with E-state index in [1.165, 1.54) is 6.42 Å². The van der Waals surface area contributed by atoms with Crippen LogP contribution in [0.4, 0.5) is 5.13 Å². The van der Waals surface area contributed by atoms with Crippen LogP contribution in [0.25, 0.3) is 0 Å². The summed E-state index contributed by atoms with van der Waals surface area (Å²) in [6, 6.07) is 0. The summed E-state index contributed by atoms with van der Waals surface area (Å²) in [5, 5.41) is 3.04. The van der Waals surface area contributed by atoms with E-state index in [1.807, 2.05) is 12.3 Å². The van der Waals surface area contributed by atoms with E-state index in [2.05, 4.69) is 16.9 Å². The van der Waals surface area contributed by atoms with Crippen molar-refractivity contribution in [2.24, 2.45) is 5.92 Å². The predicted octanol–water partition coefficient (Wildman–Crippen LogP) is 2.50. The topological polar surface area (TPSA) is 51.7 Å². The van der Waals surface area contributed by atoms with Crippen LogP contribution in [-0.4, -0.2) is 44.4 Å². The van der Waals surface area contributed by atoms with Gasteiger partial charge in [-0.25, -0.2) is 4.98 Å². The maximum atomic E-state index is 11.3. The van der Waals surface area contributed by atoms with Crippen LogP contribution >= 0.6 is 11.3 Å². The minimum Gasteiger partial charge on any atom is -0.466 e. The third kappa shape index (κ3) is 5.28. The molecular weight excluding hydrogens is 288 g/mol. The molecular formula is C15H24N2O3S. The largest absolute Gasteiger partial charge is 0.466 e. The van der Waals surface area contributed by atoms with Gasteiger partial charge in [0.05, 0.1) is 25.3 Å². The number of ether oxygens (including phenoxy) is 2. The first-order chi connectivity index (χ1) is 10.2. The van der Waals surface area contributed by atoms with Gasteiger partial charge in [0.2, 0.25) is 0 Å². The monoisotopic (exact) mass is 312 g/mol. The van der Waals surface area contributed by atoms with Crippen LogP contribution in [-0.2, 0) is 20.7 Å². The summed E-state index contributed by atoms with van der Waals surface area (Å²) in [5.74, 6) is 0.440. The highest BCUT2D eigenvalue weighted by atomic mass is 32.1. The number of carbonyl (C=O) groups is 1. The minimum atomic E-state index is -0.153. The first-order valence-corrected chi connectivity index (χ1v) is 8.46. The van der Waals surface area contributed by atoms with E-state index in [9.17, 15) is 4.79 Å². The summed E-state index contributed by atoms with van der Waals surface area (Å²) in [4.78, 5) is 18.1. The highest BCUT2D eigenvalue weighted by Crippen LogP contribution is 2.23. The molecule has 0 spiro atoms. The van der Waals surface area contributed by atoms with E-state index in [0.717, 1.165) is 37.0 Å². The standard InChI is InChI=1S/C15H24N2O3S/c1-3-20-14(18)7-6-13-11-21-15(16-13)17(2)9-12-5-4-8-19-10-12/h11-12H,3-10H2,1-2H3. The SMILES string of the molecule is CCOC(=O)CCc1csc(N(C)CC2CCCOC2)n1. The lowest BCUT2D eigenvalue weighted by Crippen LogP contribution is -2.30. The van der Waals surface area contributed by atoms with Crippen molar-refractivity contribution in [3.63, 3.8) is 0 Å². The maximum Gasteiger partial charge on any atom is 0.306 e. The van der Waals surface area contributed by atoms with E-state index >= 15 is 0 Å². The number of aromatic nitrogens is 1. The maximum absolute atomic E-state index is 11.3. The van der Waals surface area contributed by atoms with Gasteiger partial charge >= 0.3 is 5.97 Å². The number of hydrogen-bond donors (Lipinski definition) is 0. The molecule has 2 rings (SSSR count). The molecule has 1 atom stereocenters. The lowest BCUT2D eigenvalue weighted by atomic mass is 10.0. The van der Waals surface area contributed by atoms with Gasteiger partial charge < -0.3 is 14.4 Å². The van der Waals surface area contributed by atoms with E-state index in [-0.39, 0.29) is 5.97 Å². The van der Waals surface area contributed by atoms with E-state index in [4.69, 9.17) is 9.47 Å². The third-order valence-electron chi connectivity index (χ3n) is 3.54. The smallest absolute Gasteiger partial charge is 0.306 e. The Bertz CT molecular complexity index is 444. The molecule has 0 bridgehead atoms. The third-order valence-corrected chi connectivity index (χ3v) is 4.55. The number of nitrogens with zero attached hydrogens (tertiary/aromatic N) is 2. The van der Waals surface area contributed by atoms with Crippen molar-refractivity contribution in [2.45, 2.75) is 32.6 Å². The second kappa shape index (κ2) is 8.34. The van der Waals surface area contributed by atoms with Crippen LogP contribution in [0.15, 0.2) is 5.38 Å². The van der Waals surface area contributed by atoms with Gasteiger partial charge in [-0.3, -0.25) is 4.79 Å². The molecule has 1 aromatic rings. The van der Waals surface area contributed by atoms with Gasteiger partial charge in [0.15, 0.2) is 5.13 Å². The Kier molecular flexibility index (Phi) is 6.45. The van der Waals surface area contributed by atoms with Crippen molar-refractivity contribution >= 4 is 22.4 Å². The van der Waals surface area contributed by atoms with Crippen LogP contribution in [0.5, 0.6) is 0 Å². The first kappa shape index (κ1) is 16.2. The molecule has 1 aliphatic rings. The van der Waals surface area contributed by atoms with Gasteiger partial charge in [-0.2, -0.15) is 0 Å². The van der Waals surface area contributed by atoms with Gasteiger partial charge in [-0.15, -0.1) is 11.3 Å². The second-order valence-electron chi connectivity index (χ2n) is 5.39. The molecule has 0 saturated carbocycles. The molecule has 6 heteroatoms. The summed E-state index contributed by atoms with van der Waals surface area (Å²) < 4.78 is 10.4. The lowest BCUT2D eigenvalue weighted by Gasteiger charge is -2.26. The number of carbonyl (C=O) groups excluding carboxylic acids is 1. The van der Waals surface area contributed by atoms with Crippen LogP contribution < -0.4 is 4.90 Å². The molecule has 0 amide bonds. The molecule has 2 heterocycles. The van der Waals surface area contributed by atoms with Gasteiger partial charge in [0, 0.05) is 32.0 Å². The number of thiazole rings is 1. The molecule has 1 aliphatic heterocycles. The highest BCUT2D eigenvalue weighted by molar-refractivity contribution is 7.13. The van der Waals surface area contributed by atoms with Crippen molar-refractivity contribution in [3.05, 3.63) is 11.1 Å². The first-order valence-electron chi connectivity index (χ1n) is 7.58. The summed E-state index contributed by atoms with van der Waals surface area (Å²) in [6.07, 6.45) is 3.43. The summed E-state index contributed by atoms with van der Waals surface area (Å²) in [7, 11) is 2.07. The van der Waals surface area contributed by atoms with Crippen molar-refractivity contribution in [1.82, 2.24) is 4.98 Å². The Morgan fingerprint density at radius 2 is 2.48 bits per heavy atom. The molecule has 118 valence electrons. The zero-order valence-electron chi connectivity index (χ0n) is 12.8. The Morgan fingerprint density at radius 3 is 3.19 bits per heavy atom. The number of hydrogen-bond acceptors (Lipinski definition) is 6. The van der Waals surface area contributed by atoms with Crippen LogP contribution in [0.3, 0.4) is 0 Å². The number of rotatable bonds is 7. The average molecular weight is 312 g/mol. The molecule has 1 fully saturated rings. The molecule has 5 nitrogen and oxygen atoms in total. The van der Waals surface area contributed by atoms with Crippen LogP contribution in [0.2, 0.25) is 0 Å². The van der Waals surface area contributed by atoms with Crippen molar-refractivity contribution < 1.29 is 14.3 Å². The average Bonchev–Trinajstić information content (AvgIpc) is 2.95. The molecule has 1 unspecified atom stereocenters. The fourth-order valence-corrected chi connectivity index (χ4v) is 3.30. The minimum absolute atomic E-state index is 0.153. The zero-order valence-corrected chi connectivity index (χ0v) is 13.7. The molecule has 0 aliphatic carbocycles. The van der Waals surface area contributed by atoms with Crippen molar-refractivity contribution in [3.8, 4) is 0 Å². The summed E-state index contributed by atoms with van der Waals surface area (Å²) in [5.41, 5.74) is 0.967. The predicted molar refractivity (Wildman–Crippen MR) is 83.9 cm³/mol. The fourth-order valence-electron chi connectivity index (χ4n) is 2.47. The fraction of sp³-hybridized carbons (Fsp3) is 0.733. The Balaban J connectivity index is 1.79. The van der Waals surface area contributed by atoms with E-state index in [0.29, 0.717) is 25.4 Å². The van der Waals surface area contributed by atoms with Crippen molar-refractivity contribution in [1.29, 1.82) is 0 Å². The normalized spacial score (nSPS) is 18.5. The summed E-state index contributed by atoms with van der Waals surface area (Å²) in [6.45, 7) is 4.99. The van der Waals surface area contributed by atoms with Crippen molar-refractivity contribution in [2.75, 3.05) is 38.3 Å². The molecule has 1 saturated heterocycles.